The molecular weight excluding hydrogens is 528 g/mol. The number of halogens is 5. The molecule has 35 heavy (non-hydrogen) atoms. The molecule has 0 radical (unpaired) electrons. The number of hydrogen-bond donors (Lipinski definition) is 1. The molecule has 0 fully saturated rings. The topological polar surface area (TPSA) is 81.4 Å². The van der Waals surface area contributed by atoms with Crippen molar-refractivity contribution in [2.75, 3.05) is 7.11 Å². The first-order valence-electron chi connectivity index (χ1n) is 9.97. The van der Waals surface area contributed by atoms with Crippen LogP contribution in [-0.2, 0) is 16.2 Å². The first kappa shape index (κ1) is 25.3. The minimum atomic E-state index is -4.73. The Hall–Kier alpha value is -2.79. The zero-order chi connectivity index (χ0) is 25.7. The van der Waals surface area contributed by atoms with Crippen LogP contribution in [0, 0.1) is 6.92 Å². The summed E-state index contributed by atoms with van der Waals surface area (Å²) in [6.07, 6.45) is -5.32. The molecule has 4 aromatic rings. The normalized spacial score (nSPS) is 13.3. The van der Waals surface area contributed by atoms with Gasteiger partial charge in [0.15, 0.2) is 0 Å². The first-order valence-corrected chi connectivity index (χ1v) is 12.2. The molecule has 0 aliphatic rings. The van der Waals surface area contributed by atoms with Crippen LogP contribution in [0.5, 0.6) is 5.88 Å². The molecule has 0 aliphatic carbocycles. The number of ether oxygens (including phenoxy) is 1. The molecular formula is C23H17Cl2F3N2O4S. The number of nitrogens with zero attached hydrogens (tertiary/aromatic N) is 2. The summed E-state index contributed by atoms with van der Waals surface area (Å²) in [5.74, 6) is -0.0748. The van der Waals surface area contributed by atoms with Crippen LogP contribution in [0.2, 0.25) is 10.0 Å². The number of aliphatic hydroxyl groups excluding tert-OH is 1. The van der Waals surface area contributed by atoms with Gasteiger partial charge < -0.3 is 9.84 Å². The van der Waals surface area contributed by atoms with Gasteiger partial charge in [-0.1, -0.05) is 41.4 Å². The Morgan fingerprint density at radius 3 is 2.37 bits per heavy atom. The predicted octanol–water partition coefficient (Wildman–Crippen LogP) is 6.00. The van der Waals surface area contributed by atoms with E-state index in [4.69, 9.17) is 27.9 Å². The molecule has 0 saturated carbocycles. The Morgan fingerprint density at radius 1 is 1.11 bits per heavy atom. The second kappa shape index (κ2) is 9.02. The Bertz CT molecular complexity index is 1540. The fourth-order valence-electron chi connectivity index (χ4n) is 3.80. The first-order chi connectivity index (χ1) is 16.4. The summed E-state index contributed by atoms with van der Waals surface area (Å²) >= 11 is 12.6. The molecule has 6 nitrogen and oxygen atoms in total. The van der Waals surface area contributed by atoms with E-state index in [0.29, 0.717) is 3.97 Å². The van der Waals surface area contributed by atoms with Crippen LogP contribution in [0.15, 0.2) is 59.6 Å². The third kappa shape index (κ3) is 4.35. The highest BCUT2D eigenvalue weighted by molar-refractivity contribution is 7.90. The van der Waals surface area contributed by atoms with Crippen molar-refractivity contribution in [3.8, 4) is 5.88 Å². The van der Waals surface area contributed by atoms with Crippen LogP contribution in [-0.4, -0.2) is 29.6 Å². The van der Waals surface area contributed by atoms with E-state index in [1.165, 1.54) is 44.4 Å². The maximum absolute atomic E-state index is 13.7. The van der Waals surface area contributed by atoms with E-state index in [9.17, 15) is 26.7 Å². The molecule has 0 amide bonds. The van der Waals surface area contributed by atoms with Gasteiger partial charge in [0.2, 0.25) is 5.88 Å². The number of benzene rings is 2. The summed E-state index contributed by atoms with van der Waals surface area (Å²) in [5.41, 5.74) is -1.50. The second-order valence-electron chi connectivity index (χ2n) is 7.62. The van der Waals surface area contributed by atoms with Crippen LogP contribution in [0.1, 0.15) is 28.5 Å². The van der Waals surface area contributed by atoms with Crippen molar-refractivity contribution in [3.05, 3.63) is 87.2 Å². The highest BCUT2D eigenvalue weighted by Crippen LogP contribution is 2.42. The molecule has 1 N–H and O–H groups in total. The van der Waals surface area contributed by atoms with E-state index in [1.54, 1.807) is 6.07 Å². The number of aryl methyl sites for hydroxylation is 1. The van der Waals surface area contributed by atoms with E-state index >= 15 is 0 Å². The third-order valence-corrected chi connectivity index (χ3v) is 7.87. The SMILES string of the molecule is COc1ncc(Cl)c(C(O)c2cc3c(C)cc(C(F)(F)F)cc3n2S(=O)(=O)c2ccccc2)c1Cl. The zero-order valence-electron chi connectivity index (χ0n) is 18.1. The minimum absolute atomic E-state index is 0.0748. The van der Waals surface area contributed by atoms with Gasteiger partial charge in [0.25, 0.3) is 10.0 Å². The summed E-state index contributed by atoms with van der Waals surface area (Å²) < 4.78 is 74.0. The Kier molecular flexibility index (Phi) is 6.52. The maximum Gasteiger partial charge on any atom is 0.416 e. The number of alkyl halides is 3. The zero-order valence-corrected chi connectivity index (χ0v) is 20.5. The number of aromatic nitrogens is 2. The summed E-state index contributed by atoms with van der Waals surface area (Å²) in [4.78, 5) is 3.71. The van der Waals surface area contributed by atoms with Crippen molar-refractivity contribution >= 4 is 44.1 Å². The molecule has 0 spiro atoms. The fourth-order valence-corrected chi connectivity index (χ4v) is 5.98. The van der Waals surface area contributed by atoms with Gasteiger partial charge in [-0.3, -0.25) is 0 Å². The highest BCUT2D eigenvalue weighted by Gasteiger charge is 2.35. The molecule has 1 unspecified atom stereocenters. The van der Waals surface area contributed by atoms with E-state index < -0.39 is 27.9 Å². The molecule has 12 heteroatoms. The van der Waals surface area contributed by atoms with Crippen molar-refractivity contribution in [3.63, 3.8) is 0 Å². The number of methoxy groups -OCH3 is 1. The van der Waals surface area contributed by atoms with E-state index in [1.807, 2.05) is 0 Å². The smallest absolute Gasteiger partial charge is 0.416 e. The third-order valence-electron chi connectivity index (χ3n) is 5.44. The number of fused-ring (bicyclic) bond motifs is 1. The van der Waals surface area contributed by atoms with E-state index in [0.717, 1.165) is 18.3 Å². The maximum atomic E-state index is 13.7. The predicted molar refractivity (Wildman–Crippen MR) is 126 cm³/mol. The number of rotatable bonds is 5. The van der Waals surface area contributed by atoms with Crippen molar-refractivity contribution in [1.82, 2.24) is 8.96 Å². The summed E-state index contributed by atoms with van der Waals surface area (Å²) in [6.45, 7) is 1.42. The minimum Gasteiger partial charge on any atom is -0.480 e. The van der Waals surface area contributed by atoms with Crippen molar-refractivity contribution in [2.45, 2.75) is 24.1 Å². The standard InChI is InChI=1S/C23H17Cl2F3N2O4S/c1-12-8-13(23(26,27)28)9-17-15(12)10-18(30(17)35(32,33)14-6-4-3-5-7-14)21(31)19-16(24)11-29-22(34-2)20(19)25/h3-11,21,31H,1-2H3. The van der Waals surface area contributed by atoms with E-state index in [2.05, 4.69) is 4.98 Å². The molecule has 1 atom stereocenters. The van der Waals surface area contributed by atoms with Gasteiger partial charge >= 0.3 is 6.18 Å². The Labute approximate surface area is 208 Å². The highest BCUT2D eigenvalue weighted by atomic mass is 35.5. The Balaban J connectivity index is 2.11. The van der Waals surface area contributed by atoms with Gasteiger partial charge in [0.1, 0.15) is 11.1 Å². The summed E-state index contributed by atoms with van der Waals surface area (Å²) in [7, 11) is -3.18. The van der Waals surface area contributed by atoms with Crippen LogP contribution < -0.4 is 4.74 Å². The van der Waals surface area contributed by atoms with Crippen molar-refractivity contribution in [2.24, 2.45) is 0 Å². The lowest BCUT2D eigenvalue weighted by molar-refractivity contribution is -0.137. The second-order valence-corrected chi connectivity index (χ2v) is 10.2. The number of hydrogen-bond acceptors (Lipinski definition) is 5. The molecule has 4 rings (SSSR count). The molecule has 2 aromatic heterocycles. The molecule has 0 aliphatic heterocycles. The lowest BCUT2D eigenvalue weighted by Gasteiger charge is -2.19. The monoisotopic (exact) mass is 544 g/mol. The van der Waals surface area contributed by atoms with Crippen LogP contribution in [0.4, 0.5) is 13.2 Å². The van der Waals surface area contributed by atoms with E-state index in [-0.39, 0.29) is 48.5 Å². The van der Waals surface area contributed by atoms with Crippen LogP contribution in [0.3, 0.4) is 0 Å². The van der Waals surface area contributed by atoms with Gasteiger partial charge in [-0.05, 0) is 42.8 Å². The van der Waals surface area contributed by atoms with Crippen LogP contribution >= 0.6 is 23.2 Å². The molecule has 2 aromatic carbocycles. The molecule has 2 heterocycles. The molecule has 0 saturated heterocycles. The molecule has 184 valence electrons. The molecule has 0 bridgehead atoms. The average molecular weight is 545 g/mol. The average Bonchev–Trinajstić information content (AvgIpc) is 3.20. The van der Waals surface area contributed by atoms with Crippen molar-refractivity contribution in [1.29, 1.82) is 0 Å². The van der Waals surface area contributed by atoms with Crippen LogP contribution in [0.25, 0.3) is 10.9 Å². The van der Waals surface area contributed by atoms with Crippen molar-refractivity contribution < 1.29 is 31.4 Å². The van der Waals surface area contributed by atoms with Gasteiger partial charge in [-0.2, -0.15) is 13.2 Å². The summed E-state index contributed by atoms with van der Waals surface area (Å²) in [5, 5.41) is 11.3. The lowest BCUT2D eigenvalue weighted by Crippen LogP contribution is -2.19. The number of aliphatic hydroxyl groups is 1. The summed E-state index contributed by atoms with van der Waals surface area (Å²) in [6, 6.07) is 10.1. The fraction of sp³-hybridized carbons (Fsp3) is 0.174. The largest absolute Gasteiger partial charge is 0.480 e. The van der Waals surface area contributed by atoms with Gasteiger partial charge in [0, 0.05) is 10.9 Å². The lowest BCUT2D eigenvalue weighted by atomic mass is 10.0. The van der Waals surface area contributed by atoms with Gasteiger partial charge in [-0.15, -0.1) is 0 Å². The number of pyridine rings is 1. The van der Waals surface area contributed by atoms with Gasteiger partial charge in [0.05, 0.1) is 40.0 Å². The van der Waals surface area contributed by atoms with Gasteiger partial charge in [-0.25, -0.2) is 17.4 Å². The quantitative estimate of drug-likeness (QED) is 0.333. The Morgan fingerprint density at radius 2 is 1.77 bits per heavy atom.